The van der Waals surface area contributed by atoms with Crippen molar-refractivity contribution in [3.8, 4) is 5.88 Å². The summed E-state index contributed by atoms with van der Waals surface area (Å²) in [5.74, 6) is -0.855. The van der Waals surface area contributed by atoms with E-state index < -0.39 is 11.9 Å². The second-order valence-electron chi connectivity index (χ2n) is 5.27. The highest BCUT2D eigenvalue weighted by Gasteiger charge is 2.39. The smallest absolute Gasteiger partial charge is 0.340 e. The standard InChI is InChI=1S/C16H15Cl2N3O3/c1-3-23-16(22)13-12(9-5-4-8(17)6-10(9)18)11-7(2)20-21-15(11)24-14(13)19/h4-6,12H,3,19H2,1-2H3,(H,20,21)/t12-/m1/s1. The number of carbonyl (C=O) groups excluding carboxylic acids is 1. The van der Waals surface area contributed by atoms with Crippen LogP contribution < -0.4 is 10.5 Å². The van der Waals surface area contributed by atoms with Gasteiger partial charge in [-0.2, -0.15) is 0 Å². The molecule has 6 nitrogen and oxygen atoms in total. The van der Waals surface area contributed by atoms with Crippen LogP contribution in [-0.4, -0.2) is 22.8 Å². The van der Waals surface area contributed by atoms with Crippen molar-refractivity contribution in [1.29, 1.82) is 0 Å². The molecule has 0 spiro atoms. The highest BCUT2D eigenvalue weighted by atomic mass is 35.5. The maximum Gasteiger partial charge on any atom is 0.340 e. The van der Waals surface area contributed by atoms with Gasteiger partial charge >= 0.3 is 5.97 Å². The van der Waals surface area contributed by atoms with Crippen molar-refractivity contribution in [2.75, 3.05) is 6.61 Å². The number of carbonyl (C=O) groups is 1. The average Bonchev–Trinajstić information content (AvgIpc) is 2.87. The zero-order chi connectivity index (χ0) is 17.4. The fourth-order valence-electron chi connectivity index (χ4n) is 2.75. The number of aryl methyl sites for hydroxylation is 1. The van der Waals surface area contributed by atoms with E-state index in [0.717, 1.165) is 5.69 Å². The number of esters is 1. The van der Waals surface area contributed by atoms with E-state index in [9.17, 15) is 4.79 Å². The Hall–Kier alpha value is -2.18. The summed E-state index contributed by atoms with van der Waals surface area (Å²) in [6.45, 7) is 3.77. The molecule has 3 N–H and O–H groups in total. The third-order valence-electron chi connectivity index (χ3n) is 3.78. The minimum atomic E-state index is -0.559. The van der Waals surface area contributed by atoms with Gasteiger partial charge in [-0.15, -0.1) is 5.10 Å². The van der Waals surface area contributed by atoms with Gasteiger partial charge < -0.3 is 15.2 Å². The van der Waals surface area contributed by atoms with Crippen LogP contribution in [0.15, 0.2) is 29.7 Å². The van der Waals surface area contributed by atoms with Gasteiger partial charge in [0.1, 0.15) is 5.57 Å². The first-order valence-corrected chi connectivity index (χ1v) is 8.04. The molecule has 1 atom stereocenters. The zero-order valence-electron chi connectivity index (χ0n) is 13.0. The summed E-state index contributed by atoms with van der Waals surface area (Å²) in [5.41, 5.74) is 8.27. The van der Waals surface area contributed by atoms with Crippen molar-refractivity contribution in [2.24, 2.45) is 5.73 Å². The molecule has 0 radical (unpaired) electrons. The molecule has 0 saturated carbocycles. The number of hydrogen-bond donors (Lipinski definition) is 2. The molecule has 0 fully saturated rings. The number of nitrogens with two attached hydrogens (primary N) is 1. The first-order chi connectivity index (χ1) is 11.4. The number of H-pyrrole nitrogens is 1. The van der Waals surface area contributed by atoms with Crippen LogP contribution in [0.5, 0.6) is 5.88 Å². The second-order valence-corrected chi connectivity index (χ2v) is 6.11. The van der Waals surface area contributed by atoms with Crippen LogP contribution in [0, 0.1) is 6.92 Å². The van der Waals surface area contributed by atoms with Crippen LogP contribution in [-0.2, 0) is 9.53 Å². The van der Waals surface area contributed by atoms with E-state index in [1.165, 1.54) is 0 Å². The molecule has 126 valence electrons. The molecular formula is C16H15Cl2N3O3. The SMILES string of the molecule is CCOC(=O)C1=C(N)Oc2n[nH]c(C)c2[C@H]1c1ccc(Cl)cc1Cl. The lowest BCUT2D eigenvalue weighted by molar-refractivity contribution is -0.139. The first-order valence-electron chi connectivity index (χ1n) is 7.28. The Kier molecular flexibility index (Phi) is 4.43. The maximum absolute atomic E-state index is 12.5. The normalized spacial score (nSPS) is 16.6. The Bertz CT molecular complexity index is 845. The van der Waals surface area contributed by atoms with Crippen molar-refractivity contribution < 1.29 is 14.3 Å². The molecule has 1 aliphatic rings. The van der Waals surface area contributed by atoms with Crippen molar-refractivity contribution >= 4 is 29.2 Å². The summed E-state index contributed by atoms with van der Waals surface area (Å²) in [4.78, 5) is 12.5. The number of benzene rings is 1. The van der Waals surface area contributed by atoms with E-state index >= 15 is 0 Å². The summed E-state index contributed by atoms with van der Waals surface area (Å²) in [5, 5.41) is 7.84. The maximum atomic E-state index is 12.5. The summed E-state index contributed by atoms with van der Waals surface area (Å²) in [6.07, 6.45) is 0. The van der Waals surface area contributed by atoms with Crippen molar-refractivity contribution in [3.05, 3.63) is 56.5 Å². The van der Waals surface area contributed by atoms with E-state index in [4.69, 9.17) is 38.4 Å². The third-order valence-corrected chi connectivity index (χ3v) is 4.34. The first kappa shape index (κ1) is 16.7. The summed E-state index contributed by atoms with van der Waals surface area (Å²) >= 11 is 12.4. The van der Waals surface area contributed by atoms with Gasteiger partial charge in [0.05, 0.1) is 12.5 Å². The van der Waals surface area contributed by atoms with Crippen LogP contribution >= 0.6 is 23.2 Å². The molecule has 0 saturated heterocycles. The predicted molar refractivity (Wildman–Crippen MR) is 90.1 cm³/mol. The average molecular weight is 368 g/mol. The van der Waals surface area contributed by atoms with Gasteiger partial charge in [-0.1, -0.05) is 29.3 Å². The molecule has 0 unspecified atom stereocenters. The molecule has 2 aromatic rings. The zero-order valence-corrected chi connectivity index (χ0v) is 14.5. The van der Waals surface area contributed by atoms with E-state index in [1.54, 1.807) is 25.1 Å². The lowest BCUT2D eigenvalue weighted by atomic mass is 9.83. The Morgan fingerprint density at radius 1 is 1.46 bits per heavy atom. The van der Waals surface area contributed by atoms with Crippen molar-refractivity contribution in [1.82, 2.24) is 10.2 Å². The van der Waals surface area contributed by atoms with Gasteiger partial charge in [-0.05, 0) is 31.5 Å². The number of fused-ring (bicyclic) bond motifs is 1. The largest absolute Gasteiger partial charge is 0.462 e. The van der Waals surface area contributed by atoms with Gasteiger partial charge in [0.25, 0.3) is 0 Å². The Balaban J connectivity index is 2.23. The lowest BCUT2D eigenvalue weighted by Crippen LogP contribution is -2.27. The van der Waals surface area contributed by atoms with Crippen molar-refractivity contribution in [3.63, 3.8) is 0 Å². The molecule has 8 heteroatoms. The monoisotopic (exact) mass is 367 g/mol. The predicted octanol–water partition coefficient (Wildman–Crippen LogP) is 3.28. The van der Waals surface area contributed by atoms with Gasteiger partial charge in [0.2, 0.25) is 11.8 Å². The number of aromatic nitrogens is 2. The van der Waals surface area contributed by atoms with Crippen LogP contribution in [0.1, 0.15) is 29.7 Å². The molecule has 1 aromatic heterocycles. The minimum Gasteiger partial charge on any atom is -0.462 e. The number of ether oxygens (including phenoxy) is 2. The number of nitrogens with one attached hydrogen (secondary N) is 1. The summed E-state index contributed by atoms with van der Waals surface area (Å²) < 4.78 is 10.6. The quantitative estimate of drug-likeness (QED) is 0.812. The molecule has 0 aliphatic carbocycles. The molecule has 1 aromatic carbocycles. The fourth-order valence-corrected chi connectivity index (χ4v) is 3.27. The van der Waals surface area contributed by atoms with Crippen LogP contribution in [0.25, 0.3) is 0 Å². The van der Waals surface area contributed by atoms with Gasteiger partial charge in [0, 0.05) is 21.3 Å². The molecule has 3 rings (SSSR count). The van der Waals surface area contributed by atoms with E-state index in [1.807, 2.05) is 6.92 Å². The molecule has 24 heavy (non-hydrogen) atoms. The number of rotatable bonds is 3. The lowest BCUT2D eigenvalue weighted by Gasteiger charge is -2.26. The number of nitrogens with zero attached hydrogens (tertiary/aromatic N) is 1. The van der Waals surface area contributed by atoms with Crippen LogP contribution in [0.4, 0.5) is 0 Å². The van der Waals surface area contributed by atoms with Gasteiger partial charge in [0.15, 0.2) is 0 Å². The molecule has 0 bridgehead atoms. The molecule has 1 aliphatic heterocycles. The molecule has 0 amide bonds. The molecule has 2 heterocycles. The number of aromatic amines is 1. The highest BCUT2D eigenvalue weighted by molar-refractivity contribution is 6.35. The number of halogens is 2. The van der Waals surface area contributed by atoms with E-state index in [0.29, 0.717) is 27.1 Å². The summed E-state index contributed by atoms with van der Waals surface area (Å²) in [6, 6.07) is 5.07. The van der Waals surface area contributed by atoms with E-state index in [-0.39, 0.29) is 18.1 Å². The topological polar surface area (TPSA) is 90.2 Å². The Morgan fingerprint density at radius 2 is 2.21 bits per heavy atom. The van der Waals surface area contributed by atoms with Gasteiger partial charge in [-0.3, -0.25) is 5.10 Å². The van der Waals surface area contributed by atoms with Crippen LogP contribution in [0.2, 0.25) is 10.0 Å². The second kappa shape index (κ2) is 6.37. The van der Waals surface area contributed by atoms with E-state index in [2.05, 4.69) is 10.2 Å². The highest BCUT2D eigenvalue weighted by Crippen LogP contribution is 2.45. The Labute approximate surface area is 148 Å². The van der Waals surface area contributed by atoms with Crippen LogP contribution in [0.3, 0.4) is 0 Å². The molecular weight excluding hydrogens is 353 g/mol. The summed E-state index contributed by atoms with van der Waals surface area (Å²) in [7, 11) is 0. The van der Waals surface area contributed by atoms with Crippen molar-refractivity contribution in [2.45, 2.75) is 19.8 Å². The number of hydrogen-bond acceptors (Lipinski definition) is 5. The Morgan fingerprint density at radius 3 is 2.88 bits per heavy atom. The third kappa shape index (κ3) is 2.72. The minimum absolute atomic E-state index is 0.0523. The van der Waals surface area contributed by atoms with Gasteiger partial charge in [-0.25, -0.2) is 4.79 Å². The fraction of sp³-hybridized carbons (Fsp3) is 0.250.